The van der Waals surface area contributed by atoms with E-state index in [9.17, 15) is 4.79 Å². The molecule has 0 aromatic heterocycles. The van der Waals surface area contributed by atoms with Gasteiger partial charge >= 0.3 is 0 Å². The highest BCUT2D eigenvalue weighted by Crippen LogP contribution is 2.22. The summed E-state index contributed by atoms with van der Waals surface area (Å²) in [4.78, 5) is 14.4. The molecule has 0 aliphatic carbocycles. The third-order valence-corrected chi connectivity index (χ3v) is 4.32. The highest BCUT2D eigenvalue weighted by molar-refractivity contribution is 9.09. The average Bonchev–Trinajstić information content (AvgIpc) is 2.41. The molecule has 1 fully saturated rings. The van der Waals surface area contributed by atoms with Gasteiger partial charge in [-0.05, 0) is 24.6 Å². The minimum atomic E-state index is 0.0303. The highest BCUT2D eigenvalue weighted by atomic mass is 79.9. The van der Waals surface area contributed by atoms with E-state index in [0.717, 1.165) is 10.9 Å². The molecule has 0 bridgehead atoms. The van der Waals surface area contributed by atoms with Crippen molar-refractivity contribution in [2.75, 3.05) is 25.1 Å². The fraction of sp³-hybridized carbons (Fsp3) is 0.462. The van der Waals surface area contributed by atoms with E-state index < -0.39 is 0 Å². The van der Waals surface area contributed by atoms with Gasteiger partial charge in [-0.2, -0.15) is 0 Å². The molecule has 0 spiro atoms. The van der Waals surface area contributed by atoms with E-state index in [4.69, 9.17) is 16.3 Å². The molecule has 1 aromatic rings. The molecule has 0 N–H and O–H groups in total. The predicted octanol–water partition coefficient (Wildman–Crippen LogP) is 2.88. The Bertz CT molecular complexity index is 453. The molecule has 18 heavy (non-hydrogen) atoms. The van der Waals surface area contributed by atoms with Gasteiger partial charge in [0.1, 0.15) is 0 Å². The molecule has 1 aromatic carbocycles. The van der Waals surface area contributed by atoms with Gasteiger partial charge in [0.15, 0.2) is 0 Å². The summed E-state index contributed by atoms with van der Waals surface area (Å²) in [6.45, 7) is 3.67. The van der Waals surface area contributed by atoms with Gasteiger partial charge in [0.25, 0.3) is 5.91 Å². The van der Waals surface area contributed by atoms with Crippen LogP contribution in [0.5, 0.6) is 0 Å². The summed E-state index contributed by atoms with van der Waals surface area (Å²) in [5.74, 6) is 0.0303. The molecule has 1 aliphatic rings. The van der Waals surface area contributed by atoms with E-state index in [1.165, 1.54) is 0 Å². The highest BCUT2D eigenvalue weighted by Gasteiger charge is 2.28. The zero-order valence-electron chi connectivity index (χ0n) is 10.2. The van der Waals surface area contributed by atoms with Crippen molar-refractivity contribution in [3.8, 4) is 0 Å². The number of morpholine rings is 1. The van der Waals surface area contributed by atoms with E-state index in [1.807, 2.05) is 24.0 Å². The number of carbonyl (C=O) groups excluding carboxylic acids is 1. The Kier molecular flexibility index (Phi) is 4.65. The smallest absolute Gasteiger partial charge is 0.254 e. The standard InChI is InChI=1S/C13H15BrClNO2/c1-9-11(3-2-4-12(9)15)13(17)16-5-6-18-8-10(16)7-14/h2-4,10H,5-8H2,1H3. The summed E-state index contributed by atoms with van der Waals surface area (Å²) in [6.07, 6.45) is 0. The number of carbonyl (C=O) groups is 1. The first kappa shape index (κ1) is 13.8. The second-order valence-electron chi connectivity index (χ2n) is 4.29. The van der Waals surface area contributed by atoms with Gasteiger partial charge in [-0.15, -0.1) is 0 Å². The molecule has 1 unspecified atom stereocenters. The Balaban J connectivity index is 2.27. The quantitative estimate of drug-likeness (QED) is 0.779. The summed E-state index contributed by atoms with van der Waals surface area (Å²) in [7, 11) is 0. The van der Waals surface area contributed by atoms with Crippen LogP contribution in [0.2, 0.25) is 5.02 Å². The van der Waals surface area contributed by atoms with Crippen molar-refractivity contribution >= 4 is 33.4 Å². The largest absolute Gasteiger partial charge is 0.377 e. The van der Waals surface area contributed by atoms with Gasteiger partial charge < -0.3 is 9.64 Å². The van der Waals surface area contributed by atoms with E-state index in [0.29, 0.717) is 30.3 Å². The van der Waals surface area contributed by atoms with Gasteiger partial charge in [0, 0.05) is 22.5 Å². The van der Waals surface area contributed by atoms with Crippen molar-refractivity contribution in [1.29, 1.82) is 0 Å². The van der Waals surface area contributed by atoms with Crippen LogP contribution in [0, 0.1) is 6.92 Å². The third kappa shape index (κ3) is 2.71. The number of halogens is 2. The normalized spacial score (nSPS) is 19.9. The maximum Gasteiger partial charge on any atom is 0.254 e. The fourth-order valence-corrected chi connectivity index (χ4v) is 2.75. The number of amides is 1. The van der Waals surface area contributed by atoms with E-state index in [1.54, 1.807) is 6.07 Å². The third-order valence-electron chi connectivity index (χ3n) is 3.16. The van der Waals surface area contributed by atoms with Crippen LogP contribution in [-0.4, -0.2) is 41.9 Å². The van der Waals surface area contributed by atoms with Crippen molar-refractivity contribution in [2.24, 2.45) is 0 Å². The lowest BCUT2D eigenvalue weighted by Gasteiger charge is -2.35. The number of hydrogen-bond donors (Lipinski definition) is 0. The van der Waals surface area contributed by atoms with Gasteiger partial charge in [-0.1, -0.05) is 33.6 Å². The SMILES string of the molecule is Cc1c(Cl)cccc1C(=O)N1CCOCC1CBr. The summed E-state index contributed by atoms with van der Waals surface area (Å²) >= 11 is 9.49. The lowest BCUT2D eigenvalue weighted by molar-refractivity contribution is 0.00521. The van der Waals surface area contributed by atoms with Crippen LogP contribution in [0.4, 0.5) is 0 Å². The van der Waals surface area contributed by atoms with E-state index in [2.05, 4.69) is 15.9 Å². The molecule has 1 saturated heterocycles. The summed E-state index contributed by atoms with van der Waals surface area (Å²) in [5, 5.41) is 1.35. The molecular formula is C13H15BrClNO2. The first-order chi connectivity index (χ1) is 8.65. The Morgan fingerprint density at radius 1 is 1.61 bits per heavy atom. The second kappa shape index (κ2) is 6.04. The summed E-state index contributed by atoms with van der Waals surface area (Å²) in [5.41, 5.74) is 1.51. The van der Waals surface area contributed by atoms with E-state index >= 15 is 0 Å². The zero-order chi connectivity index (χ0) is 13.1. The van der Waals surface area contributed by atoms with Gasteiger partial charge in [-0.25, -0.2) is 0 Å². The van der Waals surface area contributed by atoms with Crippen LogP contribution in [0.3, 0.4) is 0 Å². The van der Waals surface area contributed by atoms with E-state index in [-0.39, 0.29) is 11.9 Å². The number of hydrogen-bond acceptors (Lipinski definition) is 2. The maximum atomic E-state index is 12.5. The van der Waals surface area contributed by atoms with Crippen LogP contribution < -0.4 is 0 Å². The lowest BCUT2D eigenvalue weighted by atomic mass is 10.1. The molecule has 5 heteroatoms. The molecule has 0 radical (unpaired) electrons. The average molecular weight is 333 g/mol. The number of ether oxygens (including phenoxy) is 1. The summed E-state index contributed by atoms with van der Waals surface area (Å²) in [6, 6.07) is 5.52. The van der Waals surface area contributed by atoms with Gasteiger partial charge in [-0.3, -0.25) is 4.79 Å². The lowest BCUT2D eigenvalue weighted by Crippen LogP contribution is -2.49. The second-order valence-corrected chi connectivity index (χ2v) is 5.35. The van der Waals surface area contributed by atoms with Crippen LogP contribution in [0.1, 0.15) is 15.9 Å². The first-order valence-corrected chi connectivity index (χ1v) is 7.35. The minimum Gasteiger partial charge on any atom is -0.377 e. The zero-order valence-corrected chi connectivity index (χ0v) is 12.5. The van der Waals surface area contributed by atoms with Crippen molar-refractivity contribution in [1.82, 2.24) is 4.90 Å². The van der Waals surface area contributed by atoms with Crippen molar-refractivity contribution in [3.05, 3.63) is 34.3 Å². The Morgan fingerprint density at radius 2 is 2.39 bits per heavy atom. The van der Waals surface area contributed by atoms with Gasteiger partial charge in [0.2, 0.25) is 0 Å². The molecule has 3 nitrogen and oxygen atoms in total. The molecular weight excluding hydrogens is 318 g/mol. The predicted molar refractivity (Wildman–Crippen MR) is 75.6 cm³/mol. The van der Waals surface area contributed by atoms with Gasteiger partial charge in [0.05, 0.1) is 19.3 Å². The Hall–Kier alpha value is -0.580. The number of nitrogens with zero attached hydrogens (tertiary/aromatic N) is 1. The molecule has 2 rings (SSSR count). The first-order valence-electron chi connectivity index (χ1n) is 5.85. The topological polar surface area (TPSA) is 29.5 Å². The number of rotatable bonds is 2. The minimum absolute atomic E-state index is 0.0303. The molecule has 1 amide bonds. The molecule has 98 valence electrons. The van der Waals surface area contributed by atoms with Crippen molar-refractivity contribution < 1.29 is 9.53 Å². The van der Waals surface area contributed by atoms with Crippen molar-refractivity contribution in [3.63, 3.8) is 0 Å². The number of benzene rings is 1. The van der Waals surface area contributed by atoms with Crippen LogP contribution >= 0.6 is 27.5 Å². The monoisotopic (exact) mass is 331 g/mol. The van der Waals surface area contributed by atoms with Crippen molar-refractivity contribution in [2.45, 2.75) is 13.0 Å². The molecule has 1 heterocycles. The van der Waals surface area contributed by atoms with Crippen LogP contribution in [-0.2, 0) is 4.74 Å². The summed E-state index contributed by atoms with van der Waals surface area (Å²) < 4.78 is 5.39. The molecule has 0 saturated carbocycles. The molecule has 1 atom stereocenters. The maximum absolute atomic E-state index is 12.5. The Morgan fingerprint density at radius 3 is 3.11 bits per heavy atom. The fourth-order valence-electron chi connectivity index (χ4n) is 2.04. The Labute approximate surface area is 120 Å². The molecule has 1 aliphatic heterocycles. The van der Waals surface area contributed by atoms with Crippen LogP contribution in [0.25, 0.3) is 0 Å². The van der Waals surface area contributed by atoms with Crippen LogP contribution in [0.15, 0.2) is 18.2 Å². The number of alkyl halides is 1.